The Labute approximate surface area is 190 Å². The van der Waals surface area contributed by atoms with Crippen LogP contribution >= 0.6 is 0 Å². The van der Waals surface area contributed by atoms with E-state index in [1.54, 1.807) is 7.11 Å². The first-order valence-electron chi connectivity index (χ1n) is 11.7. The van der Waals surface area contributed by atoms with Crippen LogP contribution in [0, 0.1) is 0 Å². The second-order valence-electron chi connectivity index (χ2n) is 8.86. The average molecular weight is 427 g/mol. The van der Waals surface area contributed by atoms with Gasteiger partial charge in [0.2, 0.25) is 0 Å². The van der Waals surface area contributed by atoms with Crippen molar-refractivity contribution in [1.82, 2.24) is 0 Å². The molecule has 4 nitrogen and oxygen atoms in total. The Morgan fingerprint density at radius 2 is 1.62 bits per heavy atom. The van der Waals surface area contributed by atoms with Gasteiger partial charge in [-0.1, -0.05) is 49.6 Å². The number of carbonyl (C=O) groups is 1. The van der Waals surface area contributed by atoms with Crippen LogP contribution in [0.5, 0.6) is 5.75 Å². The van der Waals surface area contributed by atoms with Gasteiger partial charge in [0.15, 0.2) is 0 Å². The first kappa shape index (κ1) is 20.6. The zero-order valence-corrected chi connectivity index (χ0v) is 18.6. The Hall–Kier alpha value is -3.27. The van der Waals surface area contributed by atoms with Gasteiger partial charge in [-0.2, -0.15) is 0 Å². The summed E-state index contributed by atoms with van der Waals surface area (Å²) < 4.78 is 5.18. The summed E-state index contributed by atoms with van der Waals surface area (Å²) in [7, 11) is 1.63. The molecule has 1 heterocycles. The summed E-state index contributed by atoms with van der Waals surface area (Å²) in [6.07, 6.45) is 7.64. The van der Waals surface area contributed by atoms with E-state index < -0.39 is 0 Å². The summed E-state index contributed by atoms with van der Waals surface area (Å²) in [5.41, 5.74) is 6.93. The number of hydrogen-bond donors (Lipinski definition) is 1. The van der Waals surface area contributed by atoms with Gasteiger partial charge >= 0.3 is 6.03 Å². The first-order chi connectivity index (χ1) is 15.7. The predicted octanol–water partition coefficient (Wildman–Crippen LogP) is 7.00. The number of ether oxygens (including phenoxy) is 1. The van der Waals surface area contributed by atoms with E-state index in [1.165, 1.54) is 54.4 Å². The summed E-state index contributed by atoms with van der Waals surface area (Å²) in [6.45, 7) is 0.696. The number of anilines is 2. The van der Waals surface area contributed by atoms with Crippen molar-refractivity contribution in [3.05, 3.63) is 77.9 Å². The van der Waals surface area contributed by atoms with E-state index in [9.17, 15) is 4.79 Å². The van der Waals surface area contributed by atoms with Crippen LogP contribution in [0.25, 0.3) is 11.1 Å². The van der Waals surface area contributed by atoms with E-state index in [1.807, 2.05) is 29.2 Å². The van der Waals surface area contributed by atoms with Gasteiger partial charge < -0.3 is 10.1 Å². The highest BCUT2D eigenvalue weighted by Crippen LogP contribution is 2.35. The maximum Gasteiger partial charge on any atom is 0.326 e. The van der Waals surface area contributed by atoms with Gasteiger partial charge in [0.25, 0.3) is 0 Å². The summed E-state index contributed by atoms with van der Waals surface area (Å²) in [4.78, 5) is 14.7. The maximum atomic E-state index is 12.9. The van der Waals surface area contributed by atoms with Gasteiger partial charge in [-0.3, -0.25) is 4.90 Å². The number of methoxy groups -OCH3 is 1. The number of carbonyl (C=O) groups excluding carboxylic acids is 1. The largest absolute Gasteiger partial charge is 0.497 e. The SMILES string of the molecule is COc1ccc(NC(=O)N2CCc3cc(-c4ccc(C5CCCCC5)cc4)ccc32)cc1. The topological polar surface area (TPSA) is 41.6 Å². The minimum Gasteiger partial charge on any atom is -0.497 e. The van der Waals surface area contributed by atoms with Gasteiger partial charge in [0.1, 0.15) is 5.75 Å². The van der Waals surface area contributed by atoms with Crippen molar-refractivity contribution < 1.29 is 9.53 Å². The molecule has 1 aliphatic heterocycles. The highest BCUT2D eigenvalue weighted by Gasteiger charge is 2.25. The van der Waals surface area contributed by atoms with Crippen LogP contribution < -0.4 is 15.0 Å². The Balaban J connectivity index is 1.29. The van der Waals surface area contributed by atoms with Gasteiger partial charge in [-0.05, 0) is 83.8 Å². The molecular formula is C28H30N2O2. The van der Waals surface area contributed by atoms with E-state index >= 15 is 0 Å². The number of urea groups is 1. The average Bonchev–Trinajstić information content (AvgIpc) is 3.29. The fourth-order valence-electron chi connectivity index (χ4n) is 5.04. The van der Waals surface area contributed by atoms with Crippen LogP contribution in [0.1, 0.15) is 49.1 Å². The van der Waals surface area contributed by atoms with Crippen molar-refractivity contribution >= 4 is 17.4 Å². The lowest BCUT2D eigenvalue weighted by Gasteiger charge is -2.22. The Morgan fingerprint density at radius 3 is 2.34 bits per heavy atom. The Kier molecular flexibility index (Phi) is 5.85. The fourth-order valence-corrected chi connectivity index (χ4v) is 5.04. The molecular weight excluding hydrogens is 396 g/mol. The second kappa shape index (κ2) is 9.07. The summed E-state index contributed by atoms with van der Waals surface area (Å²) in [5.74, 6) is 1.50. The summed E-state index contributed by atoms with van der Waals surface area (Å²) >= 11 is 0. The van der Waals surface area contributed by atoms with Gasteiger partial charge in [-0.25, -0.2) is 4.79 Å². The Bertz CT molecular complexity index is 1080. The zero-order chi connectivity index (χ0) is 21.9. The normalized spacial score (nSPS) is 16.0. The lowest BCUT2D eigenvalue weighted by atomic mass is 9.83. The summed E-state index contributed by atoms with van der Waals surface area (Å²) in [6, 6.07) is 22.9. The number of nitrogens with one attached hydrogen (secondary N) is 1. The minimum atomic E-state index is -0.0986. The molecule has 0 bridgehead atoms. The lowest BCUT2D eigenvalue weighted by Crippen LogP contribution is -2.33. The van der Waals surface area contributed by atoms with Crippen molar-refractivity contribution in [2.45, 2.75) is 44.4 Å². The van der Waals surface area contributed by atoms with Crippen LogP contribution in [0.15, 0.2) is 66.7 Å². The molecule has 0 saturated heterocycles. The number of amides is 2. The van der Waals surface area contributed by atoms with E-state index in [4.69, 9.17) is 4.74 Å². The molecule has 0 aromatic heterocycles. The van der Waals surface area contributed by atoms with Crippen LogP contribution in [-0.2, 0) is 6.42 Å². The number of fused-ring (bicyclic) bond motifs is 1. The third-order valence-electron chi connectivity index (χ3n) is 6.88. The third-order valence-corrected chi connectivity index (χ3v) is 6.88. The van der Waals surface area contributed by atoms with Crippen LogP contribution in [0.2, 0.25) is 0 Å². The van der Waals surface area contributed by atoms with E-state index in [-0.39, 0.29) is 6.03 Å². The second-order valence-corrected chi connectivity index (χ2v) is 8.86. The molecule has 0 unspecified atom stereocenters. The molecule has 1 aliphatic carbocycles. The smallest absolute Gasteiger partial charge is 0.326 e. The van der Waals surface area contributed by atoms with Crippen LogP contribution in [-0.4, -0.2) is 19.7 Å². The lowest BCUT2D eigenvalue weighted by molar-refractivity contribution is 0.257. The quantitative estimate of drug-likeness (QED) is 0.488. The monoisotopic (exact) mass is 426 g/mol. The van der Waals surface area contributed by atoms with Crippen molar-refractivity contribution in [3.63, 3.8) is 0 Å². The molecule has 32 heavy (non-hydrogen) atoms. The van der Waals surface area contributed by atoms with Crippen molar-refractivity contribution in [3.8, 4) is 16.9 Å². The predicted molar refractivity (Wildman–Crippen MR) is 131 cm³/mol. The standard InChI is InChI=1S/C28H30N2O2/c1-32-26-14-12-25(13-15-26)29-28(31)30-18-17-24-19-23(11-16-27(24)30)22-9-7-21(8-10-22)20-5-3-2-4-6-20/h7-16,19-20H,2-6,17-18H2,1H3,(H,29,31). The maximum absolute atomic E-state index is 12.9. The summed E-state index contributed by atoms with van der Waals surface area (Å²) in [5, 5.41) is 2.99. The number of nitrogens with zero attached hydrogens (tertiary/aromatic N) is 1. The van der Waals surface area contributed by atoms with Gasteiger partial charge in [0, 0.05) is 17.9 Å². The van der Waals surface area contributed by atoms with Crippen molar-refractivity contribution in [2.75, 3.05) is 23.9 Å². The molecule has 0 spiro atoms. The minimum absolute atomic E-state index is 0.0986. The van der Waals surface area contributed by atoms with Crippen molar-refractivity contribution in [1.29, 1.82) is 0 Å². The molecule has 2 aliphatic rings. The molecule has 1 saturated carbocycles. The number of rotatable bonds is 4. The molecule has 0 radical (unpaired) electrons. The number of benzene rings is 3. The molecule has 164 valence electrons. The molecule has 1 N–H and O–H groups in total. The van der Waals surface area contributed by atoms with Gasteiger partial charge in [0.05, 0.1) is 7.11 Å². The number of hydrogen-bond acceptors (Lipinski definition) is 2. The first-order valence-corrected chi connectivity index (χ1v) is 11.7. The molecule has 3 aromatic carbocycles. The fraction of sp³-hybridized carbons (Fsp3) is 0.321. The van der Waals surface area contributed by atoms with E-state index in [0.29, 0.717) is 6.54 Å². The molecule has 4 heteroatoms. The third kappa shape index (κ3) is 4.22. The van der Waals surface area contributed by atoms with Crippen LogP contribution in [0.3, 0.4) is 0 Å². The highest BCUT2D eigenvalue weighted by atomic mass is 16.5. The molecule has 1 fully saturated rings. The molecule has 0 atom stereocenters. The highest BCUT2D eigenvalue weighted by molar-refractivity contribution is 6.03. The molecule has 2 amide bonds. The molecule has 3 aromatic rings. The van der Waals surface area contributed by atoms with Crippen LogP contribution in [0.4, 0.5) is 16.2 Å². The van der Waals surface area contributed by atoms with Gasteiger partial charge in [-0.15, -0.1) is 0 Å². The van der Waals surface area contributed by atoms with E-state index in [2.05, 4.69) is 47.8 Å². The van der Waals surface area contributed by atoms with E-state index in [0.717, 1.165) is 29.5 Å². The van der Waals surface area contributed by atoms with Crippen molar-refractivity contribution in [2.24, 2.45) is 0 Å². The zero-order valence-electron chi connectivity index (χ0n) is 18.6. The Morgan fingerprint density at radius 1 is 0.906 bits per heavy atom. The molecule has 5 rings (SSSR count).